The van der Waals surface area contributed by atoms with E-state index < -0.39 is 0 Å². The van der Waals surface area contributed by atoms with E-state index in [4.69, 9.17) is 14.4 Å². The van der Waals surface area contributed by atoms with Crippen molar-refractivity contribution in [2.75, 3.05) is 37.6 Å². The van der Waals surface area contributed by atoms with Crippen LogP contribution in [0.5, 0.6) is 0 Å². The van der Waals surface area contributed by atoms with E-state index in [9.17, 15) is 4.79 Å². The Bertz CT molecular complexity index is 1620. The van der Waals surface area contributed by atoms with Gasteiger partial charge in [0.1, 0.15) is 12.1 Å². The van der Waals surface area contributed by atoms with Gasteiger partial charge >= 0.3 is 5.91 Å². The molecule has 0 radical (unpaired) electrons. The summed E-state index contributed by atoms with van der Waals surface area (Å²) in [7, 11) is 0. The molecule has 1 saturated heterocycles. The Morgan fingerprint density at radius 2 is 2.05 bits per heavy atom. The van der Waals surface area contributed by atoms with E-state index in [1.165, 1.54) is 12.5 Å². The SMILES string of the molecule is CCN(CC)[C@@H](C)CNCc1cc(-c2cnn3ccc(-c4cccs4)nc23)nc(N2CC(NC(=O)c3ncco3)C2)c1. The lowest BCUT2D eigenvalue weighted by atomic mass is 10.1. The standard InChI is InChI=1S/C30H35N9O2S/c1-4-37(5-2)20(3)15-31-16-21-13-25(23-17-33-39-10-8-24(36-28(23)39)26-7-6-12-42-26)35-27(14-21)38-18-22(19-38)34-29(40)30-32-9-11-41-30/h6-14,17,20,22,31H,4-5,15-16,18-19H2,1-3H3,(H,34,40)/t20-/m0/s1. The number of pyridine rings is 1. The van der Waals surface area contributed by atoms with E-state index >= 15 is 0 Å². The molecule has 12 heteroatoms. The Morgan fingerprint density at radius 3 is 2.79 bits per heavy atom. The largest absolute Gasteiger partial charge is 0.441 e. The Labute approximate surface area is 248 Å². The van der Waals surface area contributed by atoms with Gasteiger partial charge in [-0.3, -0.25) is 9.69 Å². The molecule has 6 heterocycles. The summed E-state index contributed by atoms with van der Waals surface area (Å²) in [6, 6.07) is 10.8. The number of fused-ring (bicyclic) bond motifs is 1. The van der Waals surface area contributed by atoms with Gasteiger partial charge in [0.15, 0.2) is 5.65 Å². The van der Waals surface area contributed by atoms with Crippen molar-refractivity contribution >= 4 is 28.7 Å². The predicted molar refractivity (Wildman–Crippen MR) is 164 cm³/mol. The number of oxazole rings is 1. The molecule has 6 rings (SSSR count). The Kier molecular flexibility index (Phi) is 8.27. The number of hydrogen-bond acceptors (Lipinski definition) is 10. The molecule has 1 fully saturated rings. The van der Waals surface area contributed by atoms with Gasteiger partial charge in [0.25, 0.3) is 5.89 Å². The van der Waals surface area contributed by atoms with Gasteiger partial charge in [-0.2, -0.15) is 5.10 Å². The van der Waals surface area contributed by atoms with Gasteiger partial charge in [-0.05, 0) is 55.2 Å². The monoisotopic (exact) mass is 585 g/mol. The fraction of sp³-hybridized carbons (Fsp3) is 0.367. The van der Waals surface area contributed by atoms with Crippen molar-refractivity contribution in [3.8, 4) is 21.8 Å². The summed E-state index contributed by atoms with van der Waals surface area (Å²) in [4.78, 5) is 32.1. The van der Waals surface area contributed by atoms with Gasteiger partial charge in [0.2, 0.25) is 0 Å². The van der Waals surface area contributed by atoms with Gasteiger partial charge < -0.3 is 20.0 Å². The average molecular weight is 586 g/mol. The quantitative estimate of drug-likeness (QED) is 0.225. The number of hydrogen-bond donors (Lipinski definition) is 2. The minimum absolute atomic E-state index is 0.0154. The predicted octanol–water partition coefficient (Wildman–Crippen LogP) is 3.95. The second kappa shape index (κ2) is 12.4. The Balaban J connectivity index is 1.25. The minimum Gasteiger partial charge on any atom is -0.441 e. The van der Waals surface area contributed by atoms with Crippen LogP contribution in [0.1, 0.15) is 37.0 Å². The maximum absolute atomic E-state index is 12.4. The molecule has 0 bridgehead atoms. The summed E-state index contributed by atoms with van der Waals surface area (Å²) in [6.07, 6.45) is 6.64. The van der Waals surface area contributed by atoms with Crippen LogP contribution < -0.4 is 15.5 Å². The third-order valence-electron chi connectivity index (χ3n) is 7.66. The number of thiophene rings is 1. The topological polar surface area (TPSA) is 117 Å². The lowest BCUT2D eigenvalue weighted by Crippen LogP contribution is -2.59. The molecule has 0 aliphatic carbocycles. The van der Waals surface area contributed by atoms with Gasteiger partial charge in [0.05, 0.1) is 40.3 Å². The van der Waals surface area contributed by atoms with Crippen LogP contribution in [0.4, 0.5) is 5.82 Å². The van der Waals surface area contributed by atoms with Crippen LogP contribution in [0.15, 0.2) is 65.0 Å². The fourth-order valence-electron chi connectivity index (χ4n) is 5.33. The molecule has 11 nitrogen and oxygen atoms in total. The number of nitrogens with zero attached hydrogens (tertiary/aromatic N) is 7. The molecular formula is C30H35N9O2S. The summed E-state index contributed by atoms with van der Waals surface area (Å²) < 4.78 is 6.92. The average Bonchev–Trinajstić information content (AvgIpc) is 3.77. The number of amides is 1. The molecule has 218 valence electrons. The summed E-state index contributed by atoms with van der Waals surface area (Å²) in [6.45, 7) is 11.6. The van der Waals surface area contributed by atoms with Crippen LogP contribution in [0.3, 0.4) is 0 Å². The molecule has 0 aromatic carbocycles. The highest BCUT2D eigenvalue weighted by atomic mass is 32.1. The molecule has 1 atom stereocenters. The van der Waals surface area contributed by atoms with E-state index in [1.807, 2.05) is 24.5 Å². The first-order valence-corrected chi connectivity index (χ1v) is 15.2. The van der Waals surface area contributed by atoms with E-state index in [2.05, 4.69) is 74.9 Å². The van der Waals surface area contributed by atoms with E-state index in [1.54, 1.807) is 15.9 Å². The van der Waals surface area contributed by atoms with Crippen LogP contribution in [0, 0.1) is 0 Å². The van der Waals surface area contributed by atoms with Crippen molar-refractivity contribution in [3.05, 3.63) is 72.0 Å². The number of rotatable bonds is 12. The number of aromatic nitrogens is 5. The van der Waals surface area contributed by atoms with Gasteiger partial charge in [-0.1, -0.05) is 19.9 Å². The molecule has 0 saturated carbocycles. The maximum atomic E-state index is 12.4. The zero-order valence-corrected chi connectivity index (χ0v) is 24.8. The molecule has 5 aromatic rings. The maximum Gasteiger partial charge on any atom is 0.307 e. The van der Waals surface area contributed by atoms with Crippen molar-refractivity contribution < 1.29 is 9.21 Å². The number of carbonyl (C=O) groups is 1. The highest BCUT2D eigenvalue weighted by Crippen LogP contribution is 2.30. The van der Waals surface area contributed by atoms with Gasteiger partial charge in [-0.25, -0.2) is 19.5 Å². The summed E-state index contributed by atoms with van der Waals surface area (Å²) in [5.74, 6) is 0.623. The lowest BCUT2D eigenvalue weighted by molar-refractivity contribution is 0.0895. The highest BCUT2D eigenvalue weighted by molar-refractivity contribution is 7.13. The van der Waals surface area contributed by atoms with Crippen LogP contribution >= 0.6 is 11.3 Å². The number of nitrogens with one attached hydrogen (secondary N) is 2. The molecule has 42 heavy (non-hydrogen) atoms. The summed E-state index contributed by atoms with van der Waals surface area (Å²) in [5, 5.41) is 13.2. The normalized spacial score (nSPS) is 14.4. The number of likely N-dealkylation sites (N-methyl/N-ethyl adjacent to an activating group) is 1. The van der Waals surface area contributed by atoms with E-state index in [-0.39, 0.29) is 17.8 Å². The van der Waals surface area contributed by atoms with Crippen LogP contribution in [0.2, 0.25) is 0 Å². The van der Waals surface area contributed by atoms with E-state index in [0.717, 1.165) is 58.5 Å². The molecule has 1 amide bonds. The first-order valence-electron chi connectivity index (χ1n) is 14.3. The van der Waals surface area contributed by atoms with Gasteiger partial charge in [0, 0.05) is 38.4 Å². The number of anilines is 1. The van der Waals surface area contributed by atoms with Crippen molar-refractivity contribution in [2.24, 2.45) is 0 Å². The van der Waals surface area contributed by atoms with Gasteiger partial charge in [-0.15, -0.1) is 11.3 Å². The second-order valence-electron chi connectivity index (χ2n) is 10.4. The van der Waals surface area contributed by atoms with Crippen molar-refractivity contribution in [3.63, 3.8) is 0 Å². The molecule has 0 spiro atoms. The fourth-order valence-corrected chi connectivity index (χ4v) is 6.02. The van der Waals surface area contributed by atoms with Crippen molar-refractivity contribution in [1.82, 2.24) is 40.1 Å². The zero-order valence-electron chi connectivity index (χ0n) is 24.0. The molecule has 0 unspecified atom stereocenters. The van der Waals surface area contributed by atoms with E-state index in [0.29, 0.717) is 25.7 Å². The van der Waals surface area contributed by atoms with Crippen molar-refractivity contribution in [2.45, 2.75) is 39.4 Å². The smallest absolute Gasteiger partial charge is 0.307 e. The molecule has 2 N–H and O–H groups in total. The third-order valence-corrected chi connectivity index (χ3v) is 8.55. The molecule has 1 aliphatic rings. The molecule has 1 aliphatic heterocycles. The number of carbonyl (C=O) groups excluding carboxylic acids is 1. The summed E-state index contributed by atoms with van der Waals surface area (Å²) in [5.41, 5.74) is 4.50. The minimum atomic E-state index is -0.308. The lowest BCUT2D eigenvalue weighted by Gasteiger charge is -2.40. The first kappa shape index (κ1) is 28.0. The third kappa shape index (κ3) is 5.91. The Hall–Kier alpha value is -4.13. The first-order chi connectivity index (χ1) is 20.5. The second-order valence-corrected chi connectivity index (χ2v) is 11.4. The van der Waals surface area contributed by atoms with Crippen molar-refractivity contribution in [1.29, 1.82) is 0 Å². The summed E-state index contributed by atoms with van der Waals surface area (Å²) >= 11 is 1.66. The van der Waals surface area contributed by atoms with Crippen LogP contribution in [-0.4, -0.2) is 80.2 Å². The Morgan fingerprint density at radius 1 is 1.19 bits per heavy atom. The molecule has 5 aromatic heterocycles. The molecular weight excluding hydrogens is 550 g/mol. The van der Waals surface area contributed by atoms with Crippen LogP contribution in [-0.2, 0) is 6.54 Å². The van der Waals surface area contributed by atoms with Crippen LogP contribution in [0.25, 0.3) is 27.5 Å². The zero-order chi connectivity index (χ0) is 29.1. The highest BCUT2D eigenvalue weighted by Gasteiger charge is 2.31.